The molecule has 0 rings (SSSR count). The lowest BCUT2D eigenvalue weighted by Crippen LogP contribution is -2.19. The SMILES string of the molecule is CCCCC/C=C\C/C=C\CCCCCCCCC(N)CCCCCN. The van der Waals surface area contributed by atoms with Gasteiger partial charge in [-0.15, -0.1) is 0 Å². The molecule has 26 heavy (non-hydrogen) atoms. The van der Waals surface area contributed by atoms with Crippen LogP contribution in [-0.4, -0.2) is 12.6 Å². The monoisotopic (exact) mass is 364 g/mol. The normalized spacial score (nSPS) is 13.2. The minimum Gasteiger partial charge on any atom is -0.330 e. The van der Waals surface area contributed by atoms with Crippen molar-refractivity contribution < 1.29 is 0 Å². The van der Waals surface area contributed by atoms with Crippen LogP contribution in [0.3, 0.4) is 0 Å². The molecule has 0 aliphatic carbocycles. The molecule has 0 saturated carbocycles. The fourth-order valence-corrected chi connectivity index (χ4v) is 3.27. The van der Waals surface area contributed by atoms with Crippen molar-refractivity contribution in [3.8, 4) is 0 Å². The van der Waals surface area contributed by atoms with Crippen molar-refractivity contribution in [3.05, 3.63) is 24.3 Å². The number of hydrogen-bond donors (Lipinski definition) is 2. The highest BCUT2D eigenvalue weighted by Gasteiger charge is 2.01. The van der Waals surface area contributed by atoms with E-state index >= 15 is 0 Å². The molecule has 0 amide bonds. The van der Waals surface area contributed by atoms with Crippen molar-refractivity contribution in [1.29, 1.82) is 0 Å². The first-order chi connectivity index (χ1) is 12.8. The smallest absolute Gasteiger partial charge is 0.00388 e. The van der Waals surface area contributed by atoms with Crippen molar-refractivity contribution in [2.75, 3.05) is 6.54 Å². The molecular formula is C24H48N2. The summed E-state index contributed by atoms with van der Waals surface area (Å²) in [6.45, 7) is 3.08. The molecule has 0 aromatic heterocycles. The topological polar surface area (TPSA) is 52.0 Å². The molecule has 0 spiro atoms. The van der Waals surface area contributed by atoms with E-state index in [2.05, 4.69) is 31.2 Å². The Morgan fingerprint density at radius 2 is 1.12 bits per heavy atom. The first kappa shape index (κ1) is 25.4. The van der Waals surface area contributed by atoms with Gasteiger partial charge >= 0.3 is 0 Å². The number of rotatable bonds is 20. The van der Waals surface area contributed by atoms with Crippen LogP contribution in [-0.2, 0) is 0 Å². The molecule has 2 heteroatoms. The van der Waals surface area contributed by atoms with Gasteiger partial charge in [-0.05, 0) is 57.9 Å². The highest BCUT2D eigenvalue weighted by molar-refractivity contribution is 4.92. The van der Waals surface area contributed by atoms with E-state index < -0.39 is 0 Å². The van der Waals surface area contributed by atoms with Gasteiger partial charge in [-0.1, -0.05) is 89.0 Å². The fraction of sp³-hybridized carbons (Fsp3) is 0.833. The number of allylic oxidation sites excluding steroid dienone is 4. The van der Waals surface area contributed by atoms with Crippen LogP contribution in [0.25, 0.3) is 0 Å². The molecule has 4 N–H and O–H groups in total. The lowest BCUT2D eigenvalue weighted by Gasteiger charge is -2.10. The summed E-state index contributed by atoms with van der Waals surface area (Å²) in [6, 6.07) is 0.415. The first-order valence-electron chi connectivity index (χ1n) is 11.6. The van der Waals surface area contributed by atoms with Gasteiger partial charge in [0.2, 0.25) is 0 Å². The average Bonchev–Trinajstić information content (AvgIpc) is 2.65. The van der Waals surface area contributed by atoms with Crippen LogP contribution >= 0.6 is 0 Å². The summed E-state index contributed by atoms with van der Waals surface area (Å²) in [4.78, 5) is 0. The third-order valence-electron chi connectivity index (χ3n) is 5.05. The minimum absolute atomic E-state index is 0.415. The Labute approximate surface area is 164 Å². The molecule has 0 aromatic carbocycles. The molecule has 154 valence electrons. The first-order valence-corrected chi connectivity index (χ1v) is 11.6. The second-order valence-corrected chi connectivity index (χ2v) is 7.77. The molecule has 0 fully saturated rings. The maximum absolute atomic E-state index is 6.17. The van der Waals surface area contributed by atoms with Gasteiger partial charge < -0.3 is 11.5 Å². The van der Waals surface area contributed by atoms with Gasteiger partial charge in [-0.2, -0.15) is 0 Å². The number of unbranched alkanes of at least 4 members (excludes halogenated alkanes) is 11. The molecule has 0 bridgehead atoms. The van der Waals surface area contributed by atoms with Gasteiger partial charge in [0.1, 0.15) is 0 Å². The Bertz CT molecular complexity index is 309. The Kier molecular flexibility index (Phi) is 21.9. The largest absolute Gasteiger partial charge is 0.330 e. The minimum atomic E-state index is 0.415. The number of nitrogens with two attached hydrogens (primary N) is 2. The van der Waals surface area contributed by atoms with Crippen LogP contribution < -0.4 is 11.5 Å². The summed E-state index contributed by atoms with van der Waals surface area (Å²) >= 11 is 0. The molecule has 1 atom stereocenters. The van der Waals surface area contributed by atoms with E-state index in [1.54, 1.807) is 0 Å². The van der Waals surface area contributed by atoms with E-state index in [1.807, 2.05) is 0 Å². The van der Waals surface area contributed by atoms with E-state index in [1.165, 1.54) is 96.3 Å². The second-order valence-electron chi connectivity index (χ2n) is 7.77. The van der Waals surface area contributed by atoms with Crippen LogP contribution in [0.15, 0.2) is 24.3 Å². The van der Waals surface area contributed by atoms with Crippen molar-refractivity contribution in [2.45, 2.75) is 122 Å². The Morgan fingerprint density at radius 1 is 0.615 bits per heavy atom. The van der Waals surface area contributed by atoms with E-state index in [9.17, 15) is 0 Å². The zero-order valence-electron chi connectivity index (χ0n) is 17.8. The van der Waals surface area contributed by atoms with Crippen LogP contribution in [0.2, 0.25) is 0 Å². The van der Waals surface area contributed by atoms with E-state index in [0.29, 0.717) is 6.04 Å². The third-order valence-corrected chi connectivity index (χ3v) is 5.05. The van der Waals surface area contributed by atoms with Gasteiger partial charge in [0.15, 0.2) is 0 Å². The van der Waals surface area contributed by atoms with E-state index in [-0.39, 0.29) is 0 Å². The molecule has 0 saturated heterocycles. The quantitative estimate of drug-likeness (QED) is 0.180. The second kappa shape index (κ2) is 22.4. The predicted molar refractivity (Wildman–Crippen MR) is 119 cm³/mol. The molecular weight excluding hydrogens is 316 g/mol. The molecule has 0 heterocycles. The maximum atomic E-state index is 6.17. The molecule has 0 radical (unpaired) electrons. The lowest BCUT2D eigenvalue weighted by molar-refractivity contribution is 0.489. The number of hydrogen-bond acceptors (Lipinski definition) is 2. The molecule has 0 aliphatic heterocycles. The van der Waals surface area contributed by atoms with Crippen molar-refractivity contribution >= 4 is 0 Å². The average molecular weight is 365 g/mol. The van der Waals surface area contributed by atoms with Crippen molar-refractivity contribution in [3.63, 3.8) is 0 Å². The van der Waals surface area contributed by atoms with Crippen LogP contribution in [0.1, 0.15) is 116 Å². The summed E-state index contributed by atoms with van der Waals surface area (Å²) in [6.07, 6.45) is 31.2. The van der Waals surface area contributed by atoms with Crippen LogP contribution in [0.5, 0.6) is 0 Å². The third kappa shape index (κ3) is 21.4. The van der Waals surface area contributed by atoms with Crippen LogP contribution in [0.4, 0.5) is 0 Å². The molecule has 2 nitrogen and oxygen atoms in total. The van der Waals surface area contributed by atoms with Gasteiger partial charge in [-0.3, -0.25) is 0 Å². The van der Waals surface area contributed by atoms with Crippen LogP contribution in [0, 0.1) is 0 Å². The van der Waals surface area contributed by atoms with Gasteiger partial charge in [0.25, 0.3) is 0 Å². The van der Waals surface area contributed by atoms with Gasteiger partial charge in [0.05, 0.1) is 0 Å². The Balaban J connectivity index is 3.22. The lowest BCUT2D eigenvalue weighted by atomic mass is 10.0. The summed E-state index contributed by atoms with van der Waals surface area (Å²) < 4.78 is 0. The summed E-state index contributed by atoms with van der Waals surface area (Å²) in [7, 11) is 0. The summed E-state index contributed by atoms with van der Waals surface area (Å²) in [5.74, 6) is 0. The zero-order valence-corrected chi connectivity index (χ0v) is 17.8. The fourth-order valence-electron chi connectivity index (χ4n) is 3.27. The Morgan fingerprint density at radius 3 is 1.69 bits per heavy atom. The highest BCUT2D eigenvalue weighted by Crippen LogP contribution is 2.12. The molecule has 0 aromatic rings. The van der Waals surface area contributed by atoms with Crippen molar-refractivity contribution in [2.24, 2.45) is 11.5 Å². The van der Waals surface area contributed by atoms with Gasteiger partial charge in [-0.25, -0.2) is 0 Å². The maximum Gasteiger partial charge on any atom is 0.00388 e. The van der Waals surface area contributed by atoms with Gasteiger partial charge in [0, 0.05) is 6.04 Å². The van der Waals surface area contributed by atoms with Crippen molar-refractivity contribution in [1.82, 2.24) is 0 Å². The van der Waals surface area contributed by atoms with E-state index in [4.69, 9.17) is 11.5 Å². The summed E-state index contributed by atoms with van der Waals surface area (Å²) in [5, 5.41) is 0. The summed E-state index contributed by atoms with van der Waals surface area (Å²) in [5.41, 5.74) is 11.7. The van der Waals surface area contributed by atoms with E-state index in [0.717, 1.165) is 19.4 Å². The predicted octanol–water partition coefficient (Wildman–Crippen LogP) is 7.04. The molecule has 1 unspecified atom stereocenters. The zero-order chi connectivity index (χ0) is 19.1. The highest BCUT2D eigenvalue weighted by atomic mass is 14.6. The molecule has 0 aliphatic rings. The standard InChI is InChI=1S/C24H48N2/c1-2-3-4-5-6-7-8-9-10-11-12-13-14-15-16-18-21-24(26)22-19-17-20-23-25/h6-7,9-10,24H,2-5,8,11-23,25-26H2,1H3/b7-6-,10-9-. The Hall–Kier alpha value is -0.600.